The van der Waals surface area contributed by atoms with Crippen molar-refractivity contribution in [1.82, 2.24) is 64.6 Å². The lowest BCUT2D eigenvalue weighted by Crippen LogP contribution is -2.85. The highest BCUT2D eigenvalue weighted by atomic mass is 28.5. The highest BCUT2D eigenvalue weighted by molar-refractivity contribution is 6.92. The van der Waals surface area contributed by atoms with Crippen molar-refractivity contribution in [2.24, 2.45) is 0 Å². The Morgan fingerprint density at radius 1 is 1.18 bits per heavy atom. The third-order valence-electron chi connectivity index (χ3n) is 8.27. The molecule has 2 aliphatic rings. The number of hydrogen-bond donors (Lipinski definition) is 8. The molecule has 228 valence electrons. The normalized spacial score (nSPS) is 32.2. The molecule has 38 heavy (non-hydrogen) atoms. The molecule has 5 atom stereocenters. The van der Waals surface area contributed by atoms with Crippen molar-refractivity contribution < 1.29 is 1.43 Å². The fourth-order valence-corrected chi connectivity index (χ4v) is 55.3. The van der Waals surface area contributed by atoms with Crippen LogP contribution in [0, 0.1) is 0 Å². The first-order valence-corrected chi connectivity index (χ1v) is 32.0. The largest absolute Gasteiger partial charge is 0.364 e. The molecule has 2 saturated heterocycles. The smallest absolute Gasteiger partial charge is 0.355 e. The van der Waals surface area contributed by atoms with Gasteiger partial charge in [-0.1, -0.05) is 6.55 Å². The van der Waals surface area contributed by atoms with Gasteiger partial charge in [0.15, 0.2) is 29.5 Å². The SMILES string of the molecule is CN[SiH](N(C)CN(C)[Si](NC)(N[SiH3])N(C)C)N1[SiH2]N[Si](C[SiH3])(NC)N(CN[SiH]2N[SiH2]C[SiH](C)N[SiH2]N2C)[SiH2]1.[HH]. The molecule has 0 aromatic carbocycles. The third-order valence-corrected chi connectivity index (χ3v) is 47.8. The zero-order chi connectivity index (χ0) is 28.5. The van der Waals surface area contributed by atoms with Gasteiger partial charge in [0, 0.05) is 25.0 Å². The predicted octanol–water partition coefficient (Wildman–Crippen LogP) is -11.5. The van der Waals surface area contributed by atoms with Gasteiger partial charge >= 0.3 is 8.72 Å². The fourth-order valence-electron chi connectivity index (χ4n) is 5.86. The first kappa shape index (κ1) is 36.0. The summed E-state index contributed by atoms with van der Waals surface area (Å²) in [6, 6.07) is 0. The molecule has 0 spiro atoms. The van der Waals surface area contributed by atoms with Crippen LogP contribution in [-0.2, 0) is 0 Å². The molecular formula is C13H62N14Si11. The second-order valence-electron chi connectivity index (χ2n) is 10.9. The van der Waals surface area contributed by atoms with E-state index >= 15 is 0 Å². The van der Waals surface area contributed by atoms with Gasteiger partial charge in [-0.2, -0.15) is 0 Å². The van der Waals surface area contributed by atoms with Crippen LogP contribution in [0.4, 0.5) is 0 Å². The molecule has 0 saturated carbocycles. The first-order chi connectivity index (χ1) is 18.0. The Morgan fingerprint density at radius 3 is 2.45 bits per heavy atom. The lowest BCUT2D eigenvalue weighted by atomic mass is 11.0. The molecule has 0 aliphatic carbocycles. The van der Waals surface area contributed by atoms with E-state index < -0.39 is 64.5 Å². The quantitative estimate of drug-likeness (QED) is 0.0642. The van der Waals surface area contributed by atoms with Crippen molar-refractivity contribution in [3.63, 3.8) is 0 Å². The molecule has 2 heterocycles. The van der Waals surface area contributed by atoms with E-state index in [-0.39, 0.29) is 21.0 Å². The van der Waals surface area contributed by atoms with Crippen molar-refractivity contribution in [3.05, 3.63) is 0 Å². The van der Waals surface area contributed by atoms with E-state index in [0.717, 1.165) is 23.7 Å². The molecule has 2 fully saturated rings. The molecule has 0 amide bonds. The first-order valence-electron chi connectivity index (χ1n) is 14.0. The van der Waals surface area contributed by atoms with Crippen LogP contribution in [0.25, 0.3) is 0 Å². The highest BCUT2D eigenvalue weighted by Gasteiger charge is 2.45. The minimum Gasteiger partial charge on any atom is -0.355 e. The highest BCUT2D eigenvalue weighted by Crippen LogP contribution is 2.12. The number of hydrogen-bond acceptors (Lipinski definition) is 14. The maximum atomic E-state index is 4.23. The second kappa shape index (κ2) is 17.2. The summed E-state index contributed by atoms with van der Waals surface area (Å²) < 4.78 is 32.2. The Labute approximate surface area is 257 Å². The van der Waals surface area contributed by atoms with Crippen LogP contribution in [0.3, 0.4) is 0 Å². The minimum absolute atomic E-state index is 0. The van der Waals surface area contributed by atoms with E-state index in [9.17, 15) is 0 Å². The molecule has 5 unspecified atom stereocenters. The van der Waals surface area contributed by atoms with E-state index in [4.69, 9.17) is 0 Å². The van der Waals surface area contributed by atoms with Gasteiger partial charge in [0.1, 0.15) is 0 Å². The van der Waals surface area contributed by atoms with Gasteiger partial charge in [0.25, 0.3) is 27.1 Å². The summed E-state index contributed by atoms with van der Waals surface area (Å²) in [7, 11) is 11.4. The van der Waals surface area contributed by atoms with Crippen LogP contribution in [0.2, 0.25) is 17.9 Å². The van der Waals surface area contributed by atoms with Crippen LogP contribution >= 0.6 is 0 Å². The summed E-state index contributed by atoms with van der Waals surface area (Å²) in [5, 5.41) is 0. The summed E-state index contributed by atoms with van der Waals surface area (Å²) >= 11 is 0. The van der Waals surface area contributed by atoms with Crippen LogP contribution < -0.4 is 38.5 Å². The molecule has 25 heteroatoms. The third kappa shape index (κ3) is 8.92. The monoisotopic (exact) mass is 722 g/mol. The van der Waals surface area contributed by atoms with E-state index in [1.54, 1.807) is 0 Å². The molecule has 0 radical (unpaired) electrons. The lowest BCUT2D eigenvalue weighted by molar-refractivity contribution is 0.303. The van der Waals surface area contributed by atoms with E-state index in [0.29, 0.717) is 0 Å². The maximum absolute atomic E-state index is 4.23. The van der Waals surface area contributed by atoms with Crippen molar-refractivity contribution in [2.75, 3.05) is 69.7 Å². The van der Waals surface area contributed by atoms with Gasteiger partial charge in [-0.05, 0) is 67.7 Å². The van der Waals surface area contributed by atoms with E-state index in [1.807, 2.05) is 0 Å². The number of nitrogens with zero attached hydrogens (tertiary/aromatic N) is 6. The molecule has 0 aromatic rings. The van der Waals surface area contributed by atoms with E-state index in [1.165, 1.54) is 21.6 Å². The van der Waals surface area contributed by atoms with Crippen LogP contribution in [-0.4, -0.2) is 200 Å². The maximum Gasteiger partial charge on any atom is 0.364 e. The van der Waals surface area contributed by atoms with Crippen molar-refractivity contribution in [1.29, 1.82) is 0 Å². The summed E-state index contributed by atoms with van der Waals surface area (Å²) in [6.07, 6.45) is 0. The summed E-state index contributed by atoms with van der Waals surface area (Å²) in [6.45, 7) is 4.49. The van der Waals surface area contributed by atoms with Crippen molar-refractivity contribution in [3.8, 4) is 0 Å². The Balaban J connectivity index is 0.00000760. The van der Waals surface area contributed by atoms with Gasteiger partial charge in [-0.3, -0.25) is 13.7 Å². The molecule has 2 rings (SSSR count). The van der Waals surface area contributed by atoms with Gasteiger partial charge in [0.05, 0.1) is 29.0 Å². The van der Waals surface area contributed by atoms with Crippen LogP contribution in [0.5, 0.6) is 0 Å². The molecule has 14 nitrogen and oxygen atoms in total. The fraction of sp³-hybridized carbons (Fsp3) is 1.00. The van der Waals surface area contributed by atoms with Gasteiger partial charge in [0.2, 0.25) is 0 Å². The van der Waals surface area contributed by atoms with E-state index in [2.05, 4.69) is 128 Å². The Morgan fingerprint density at radius 2 is 1.89 bits per heavy atom. The minimum atomic E-state index is -2.05. The lowest BCUT2D eigenvalue weighted by Gasteiger charge is -2.52. The summed E-state index contributed by atoms with van der Waals surface area (Å²) in [5.41, 5.74) is 2.84. The predicted molar refractivity (Wildman–Crippen MR) is 198 cm³/mol. The van der Waals surface area contributed by atoms with Gasteiger partial charge in [-0.25, -0.2) is 0 Å². The van der Waals surface area contributed by atoms with Gasteiger partial charge < -0.3 is 50.9 Å². The van der Waals surface area contributed by atoms with Crippen LogP contribution in [0.1, 0.15) is 1.43 Å². The topological polar surface area (TPSA) is 116 Å². The van der Waals surface area contributed by atoms with Crippen molar-refractivity contribution in [2.45, 2.75) is 17.9 Å². The average Bonchev–Trinajstić information content (AvgIpc) is 2.89. The Kier molecular flexibility index (Phi) is 16.3. The molecule has 8 N–H and O–H groups in total. The standard InChI is InChI=1S/C13H60N14Si11.H2/c1-14-36(23(6)11-24(7)38(16-3,18-29)22(4)5)27-32-21-37(12-28,15-2)26(33-27)10-17-35-19-30-13-34(9)20-31-25(35)8;/h14-21,34-36H,10-13,30-33H2,1-9,28-29H3;1H. The Bertz CT molecular complexity index is 689. The summed E-state index contributed by atoms with van der Waals surface area (Å²) in [4.78, 5) is 15.5. The molecular weight excluding hydrogens is 661 g/mol. The summed E-state index contributed by atoms with van der Waals surface area (Å²) in [5.74, 6) is 0. The Hall–Kier alpha value is 1.83. The zero-order valence-electron chi connectivity index (χ0n) is 26.1. The zero-order valence-corrected chi connectivity index (χ0v) is 41.2. The molecule has 2 aliphatic heterocycles. The molecule has 0 aromatic heterocycles. The second-order valence-corrected chi connectivity index (χ2v) is 44.4. The average molecular weight is 724 g/mol. The number of rotatable bonds is 14. The molecule has 0 bridgehead atoms. The van der Waals surface area contributed by atoms with Crippen molar-refractivity contribution >= 4 is 105 Å². The van der Waals surface area contributed by atoms with Gasteiger partial charge in [-0.15, -0.1) is 0 Å². The number of nitrogens with one attached hydrogen (secondary N) is 8. The van der Waals surface area contributed by atoms with Crippen LogP contribution in [0.15, 0.2) is 0 Å².